The highest BCUT2D eigenvalue weighted by molar-refractivity contribution is 5.53. The molecule has 1 aromatic carbocycles. The summed E-state index contributed by atoms with van der Waals surface area (Å²) in [6.45, 7) is 1.42. The molecule has 1 rings (SSSR count). The maximum Gasteiger partial charge on any atom is 0.243 e. The van der Waals surface area contributed by atoms with Crippen molar-refractivity contribution < 1.29 is 4.92 Å². The average molecular weight is 188 g/mol. The van der Waals surface area contributed by atoms with Crippen LogP contribution in [0, 0.1) is 21.4 Å². The van der Waals surface area contributed by atoms with E-state index in [0.29, 0.717) is 11.1 Å². The van der Waals surface area contributed by atoms with Gasteiger partial charge >= 0.3 is 0 Å². The second kappa shape index (κ2) is 4.19. The van der Waals surface area contributed by atoms with Crippen molar-refractivity contribution in [1.82, 2.24) is 0 Å². The minimum absolute atomic E-state index is 0.0556. The molecule has 0 atom stereocenters. The highest BCUT2D eigenvalue weighted by atomic mass is 16.6. The van der Waals surface area contributed by atoms with Crippen molar-refractivity contribution in [3.63, 3.8) is 0 Å². The number of benzene rings is 1. The second-order valence-corrected chi connectivity index (χ2v) is 2.78. The SMILES string of the molecule is C/C(=C\c1cccc(C#N)c1)[N+](=O)[O-]. The van der Waals surface area contributed by atoms with E-state index in [4.69, 9.17) is 5.26 Å². The highest BCUT2D eigenvalue weighted by Crippen LogP contribution is 2.09. The molecule has 0 spiro atoms. The summed E-state index contributed by atoms with van der Waals surface area (Å²) >= 11 is 0. The largest absolute Gasteiger partial charge is 0.259 e. The van der Waals surface area contributed by atoms with Crippen molar-refractivity contribution in [2.45, 2.75) is 6.92 Å². The van der Waals surface area contributed by atoms with Crippen LogP contribution in [0.4, 0.5) is 0 Å². The summed E-state index contributed by atoms with van der Waals surface area (Å²) in [5, 5.41) is 18.9. The Morgan fingerprint density at radius 2 is 2.36 bits per heavy atom. The number of nitriles is 1. The summed E-state index contributed by atoms with van der Waals surface area (Å²) in [4.78, 5) is 9.87. The molecule has 0 fully saturated rings. The minimum atomic E-state index is -0.459. The summed E-state index contributed by atoms with van der Waals surface area (Å²) in [5.41, 5.74) is 1.22. The van der Waals surface area contributed by atoms with Gasteiger partial charge in [-0.25, -0.2) is 0 Å². The molecule has 0 aliphatic heterocycles. The molecule has 4 nitrogen and oxygen atoms in total. The van der Waals surface area contributed by atoms with Crippen molar-refractivity contribution in [1.29, 1.82) is 5.26 Å². The molecule has 0 aliphatic rings. The van der Waals surface area contributed by atoms with Gasteiger partial charge in [-0.05, 0) is 17.7 Å². The van der Waals surface area contributed by atoms with Gasteiger partial charge in [0.15, 0.2) is 0 Å². The van der Waals surface area contributed by atoms with Gasteiger partial charge in [-0.2, -0.15) is 5.26 Å². The molecule has 0 radical (unpaired) electrons. The summed E-state index contributed by atoms with van der Waals surface area (Å²) in [6, 6.07) is 8.63. The summed E-state index contributed by atoms with van der Waals surface area (Å²) < 4.78 is 0. The van der Waals surface area contributed by atoms with E-state index in [1.165, 1.54) is 13.0 Å². The molecule has 1 aromatic rings. The van der Waals surface area contributed by atoms with E-state index in [1.54, 1.807) is 24.3 Å². The van der Waals surface area contributed by atoms with Gasteiger partial charge in [-0.3, -0.25) is 10.1 Å². The van der Waals surface area contributed by atoms with Gasteiger partial charge in [0.2, 0.25) is 5.70 Å². The molecule has 70 valence electrons. The van der Waals surface area contributed by atoms with Crippen LogP contribution >= 0.6 is 0 Å². The third-order valence-electron chi connectivity index (χ3n) is 1.68. The molecule has 0 heterocycles. The fraction of sp³-hybridized carbons (Fsp3) is 0.100. The first-order chi connectivity index (χ1) is 6.63. The Morgan fingerprint density at radius 3 is 2.93 bits per heavy atom. The van der Waals surface area contributed by atoms with Crippen molar-refractivity contribution in [2.75, 3.05) is 0 Å². The molecule has 0 saturated carbocycles. The average Bonchev–Trinajstić information content (AvgIpc) is 2.18. The van der Waals surface area contributed by atoms with Crippen molar-refractivity contribution in [2.24, 2.45) is 0 Å². The number of rotatable bonds is 2. The molecular weight excluding hydrogens is 180 g/mol. The van der Waals surface area contributed by atoms with Crippen molar-refractivity contribution in [3.8, 4) is 6.07 Å². The van der Waals surface area contributed by atoms with Gasteiger partial charge in [-0.15, -0.1) is 0 Å². The molecule has 0 aromatic heterocycles. The second-order valence-electron chi connectivity index (χ2n) is 2.78. The van der Waals surface area contributed by atoms with Crippen LogP contribution in [0.25, 0.3) is 6.08 Å². The minimum Gasteiger partial charge on any atom is -0.259 e. The van der Waals surface area contributed by atoms with Crippen LogP contribution in [0.5, 0.6) is 0 Å². The van der Waals surface area contributed by atoms with Crippen LogP contribution in [-0.4, -0.2) is 4.92 Å². The van der Waals surface area contributed by atoms with Gasteiger partial charge < -0.3 is 0 Å². The molecule has 0 saturated heterocycles. The fourth-order valence-corrected chi connectivity index (χ4v) is 0.992. The van der Waals surface area contributed by atoms with Crippen LogP contribution in [-0.2, 0) is 0 Å². The van der Waals surface area contributed by atoms with E-state index < -0.39 is 4.92 Å². The van der Waals surface area contributed by atoms with Gasteiger partial charge in [0.1, 0.15) is 0 Å². The zero-order valence-corrected chi connectivity index (χ0v) is 7.60. The quantitative estimate of drug-likeness (QED) is 0.527. The Bertz CT molecular complexity index is 430. The predicted octanol–water partition coefficient (Wildman–Crippen LogP) is 2.20. The van der Waals surface area contributed by atoms with E-state index in [1.807, 2.05) is 6.07 Å². The number of nitrogens with zero attached hydrogens (tertiary/aromatic N) is 2. The van der Waals surface area contributed by atoms with Gasteiger partial charge in [-0.1, -0.05) is 12.1 Å². The molecule has 0 N–H and O–H groups in total. The Balaban J connectivity index is 3.04. The molecule has 0 unspecified atom stereocenters. The van der Waals surface area contributed by atoms with Crippen LogP contribution in [0.15, 0.2) is 30.0 Å². The van der Waals surface area contributed by atoms with E-state index >= 15 is 0 Å². The zero-order chi connectivity index (χ0) is 10.6. The lowest BCUT2D eigenvalue weighted by Gasteiger charge is -1.93. The van der Waals surface area contributed by atoms with Crippen LogP contribution < -0.4 is 0 Å². The highest BCUT2D eigenvalue weighted by Gasteiger charge is 2.01. The molecule has 0 bridgehead atoms. The summed E-state index contributed by atoms with van der Waals surface area (Å²) in [7, 11) is 0. The molecular formula is C10H8N2O2. The van der Waals surface area contributed by atoms with Crippen molar-refractivity contribution >= 4 is 6.08 Å². The monoisotopic (exact) mass is 188 g/mol. The first-order valence-corrected chi connectivity index (χ1v) is 3.96. The smallest absolute Gasteiger partial charge is 0.243 e. The van der Waals surface area contributed by atoms with Gasteiger partial charge in [0.05, 0.1) is 16.6 Å². The van der Waals surface area contributed by atoms with Gasteiger partial charge in [0.25, 0.3) is 0 Å². The number of hydrogen-bond acceptors (Lipinski definition) is 3. The topological polar surface area (TPSA) is 66.9 Å². The normalized spacial score (nSPS) is 10.7. The van der Waals surface area contributed by atoms with E-state index in [2.05, 4.69) is 0 Å². The van der Waals surface area contributed by atoms with Crippen LogP contribution in [0.3, 0.4) is 0 Å². The van der Waals surface area contributed by atoms with Gasteiger partial charge in [0, 0.05) is 13.0 Å². The number of nitro groups is 1. The lowest BCUT2D eigenvalue weighted by molar-refractivity contribution is -0.422. The zero-order valence-electron chi connectivity index (χ0n) is 7.60. The first-order valence-electron chi connectivity index (χ1n) is 3.96. The molecule has 14 heavy (non-hydrogen) atoms. The Kier molecular flexibility index (Phi) is 2.97. The Labute approximate surface area is 81.2 Å². The molecule has 0 amide bonds. The maximum atomic E-state index is 10.3. The number of hydrogen-bond donors (Lipinski definition) is 0. The number of allylic oxidation sites excluding steroid dienone is 1. The third-order valence-corrected chi connectivity index (χ3v) is 1.68. The standard InChI is InChI=1S/C10H8N2O2/c1-8(12(13)14)5-9-3-2-4-10(6-9)7-11/h2-6H,1H3/b8-5+. The molecule has 0 aliphatic carbocycles. The predicted molar refractivity (Wildman–Crippen MR) is 51.8 cm³/mol. The lowest BCUT2D eigenvalue weighted by Crippen LogP contribution is -1.92. The lowest BCUT2D eigenvalue weighted by atomic mass is 10.1. The summed E-state index contributed by atoms with van der Waals surface area (Å²) in [5.74, 6) is 0. The molecule has 4 heteroatoms. The fourth-order valence-electron chi connectivity index (χ4n) is 0.992. The maximum absolute atomic E-state index is 10.3. The summed E-state index contributed by atoms with van der Waals surface area (Å²) in [6.07, 6.45) is 1.43. The Hall–Kier alpha value is -2.15. The van der Waals surface area contributed by atoms with E-state index in [-0.39, 0.29) is 5.70 Å². The van der Waals surface area contributed by atoms with Crippen molar-refractivity contribution in [3.05, 3.63) is 51.2 Å². The third kappa shape index (κ3) is 2.42. The van der Waals surface area contributed by atoms with Crippen LogP contribution in [0.2, 0.25) is 0 Å². The van der Waals surface area contributed by atoms with E-state index in [0.717, 1.165) is 0 Å². The Morgan fingerprint density at radius 1 is 1.64 bits per heavy atom. The first kappa shape index (κ1) is 9.93. The van der Waals surface area contributed by atoms with E-state index in [9.17, 15) is 10.1 Å². The van der Waals surface area contributed by atoms with Crippen LogP contribution in [0.1, 0.15) is 18.1 Å².